The summed E-state index contributed by atoms with van der Waals surface area (Å²) in [6.07, 6.45) is 1.53. The van der Waals surface area contributed by atoms with E-state index >= 15 is 0 Å². The molecule has 0 aliphatic rings. The summed E-state index contributed by atoms with van der Waals surface area (Å²) >= 11 is 9.51. The van der Waals surface area contributed by atoms with E-state index in [1.54, 1.807) is 24.3 Å². The Morgan fingerprint density at radius 2 is 1.86 bits per heavy atom. The first-order chi connectivity index (χ1) is 17.9. The Labute approximate surface area is 235 Å². The molecule has 11 heteroatoms. The first-order valence-corrected chi connectivity index (χ1v) is 13.2. The normalized spacial score (nSPS) is 10.8. The molecule has 0 aliphatic carbocycles. The summed E-state index contributed by atoms with van der Waals surface area (Å²) in [4.78, 5) is 28.3. The first-order valence-electron chi connectivity index (χ1n) is 10.8. The van der Waals surface area contributed by atoms with Crippen molar-refractivity contribution in [3.8, 4) is 17.0 Å². The summed E-state index contributed by atoms with van der Waals surface area (Å²) in [5, 5.41) is 10.7. The maximum absolute atomic E-state index is 12.5. The van der Waals surface area contributed by atoms with Crippen molar-refractivity contribution >= 4 is 74.4 Å². The van der Waals surface area contributed by atoms with Crippen LogP contribution in [0, 0.1) is 3.57 Å². The second-order valence-corrected chi connectivity index (χ2v) is 9.96. The van der Waals surface area contributed by atoms with Gasteiger partial charge < -0.3 is 14.8 Å². The summed E-state index contributed by atoms with van der Waals surface area (Å²) in [6.45, 7) is -0.168. The number of anilines is 2. The van der Waals surface area contributed by atoms with Gasteiger partial charge in [0.1, 0.15) is 5.75 Å². The number of esters is 1. The van der Waals surface area contributed by atoms with Gasteiger partial charge in [0.2, 0.25) is 0 Å². The van der Waals surface area contributed by atoms with Crippen molar-refractivity contribution in [3.05, 3.63) is 91.8 Å². The number of amides is 1. The molecule has 1 aromatic heterocycles. The van der Waals surface area contributed by atoms with E-state index in [1.807, 2.05) is 47.8 Å². The average molecular weight is 647 g/mol. The van der Waals surface area contributed by atoms with Gasteiger partial charge in [-0.2, -0.15) is 5.10 Å². The van der Waals surface area contributed by atoms with Gasteiger partial charge in [0.15, 0.2) is 11.7 Å². The van der Waals surface area contributed by atoms with Crippen molar-refractivity contribution in [2.24, 2.45) is 5.10 Å². The van der Waals surface area contributed by atoms with E-state index in [-0.39, 0.29) is 12.5 Å². The molecule has 0 saturated heterocycles. The van der Waals surface area contributed by atoms with Crippen molar-refractivity contribution < 1.29 is 19.1 Å². The molecule has 8 nitrogen and oxygen atoms in total. The van der Waals surface area contributed by atoms with E-state index in [9.17, 15) is 9.59 Å². The van der Waals surface area contributed by atoms with E-state index in [4.69, 9.17) is 16.3 Å². The molecule has 1 amide bonds. The zero-order valence-corrected chi connectivity index (χ0v) is 23.1. The molecule has 0 saturated carbocycles. The number of hydrogen-bond donors (Lipinski definition) is 2. The number of hydrogen-bond acceptors (Lipinski definition) is 8. The summed E-state index contributed by atoms with van der Waals surface area (Å²) in [5.74, 6) is -0.237. The predicted molar refractivity (Wildman–Crippen MR) is 154 cm³/mol. The van der Waals surface area contributed by atoms with Crippen LogP contribution in [0.15, 0.2) is 77.2 Å². The van der Waals surface area contributed by atoms with Crippen LogP contribution in [0.5, 0.6) is 5.75 Å². The Hall–Kier alpha value is -3.48. The van der Waals surface area contributed by atoms with Gasteiger partial charge in [-0.15, -0.1) is 11.3 Å². The Morgan fingerprint density at radius 3 is 2.57 bits per heavy atom. The number of thiazole rings is 1. The van der Waals surface area contributed by atoms with Crippen molar-refractivity contribution in [2.45, 2.75) is 0 Å². The molecule has 0 radical (unpaired) electrons. The topological polar surface area (TPSA) is 102 Å². The Balaban J connectivity index is 1.32. The molecule has 0 fully saturated rings. The van der Waals surface area contributed by atoms with Crippen LogP contribution in [-0.4, -0.2) is 36.8 Å². The average Bonchev–Trinajstić information content (AvgIpc) is 3.38. The summed E-state index contributed by atoms with van der Waals surface area (Å²) in [6, 6.07) is 19.8. The van der Waals surface area contributed by atoms with E-state index in [1.165, 1.54) is 24.7 Å². The lowest BCUT2D eigenvalue weighted by atomic mass is 10.1. The van der Waals surface area contributed by atoms with Gasteiger partial charge in [0.05, 0.1) is 22.6 Å². The number of nitrogens with zero attached hydrogens (tertiary/aromatic N) is 2. The fourth-order valence-electron chi connectivity index (χ4n) is 3.05. The molecule has 0 atom stereocenters. The molecule has 3 aromatic carbocycles. The van der Waals surface area contributed by atoms with Crippen LogP contribution in [-0.2, 0) is 9.53 Å². The van der Waals surface area contributed by atoms with E-state index in [0.29, 0.717) is 16.3 Å². The molecule has 1 heterocycles. The SMILES string of the molecule is COC(=O)COc1ccc(/C=N\NC(=O)c2ccc(-c3csc(Nc4ccc(Cl)cc4)n3)cc2)cc1I. The third-order valence-corrected chi connectivity index (χ3v) is 6.80. The maximum Gasteiger partial charge on any atom is 0.343 e. The number of hydrazone groups is 1. The van der Waals surface area contributed by atoms with Crippen LogP contribution >= 0.6 is 45.5 Å². The zero-order chi connectivity index (χ0) is 26.2. The fourth-order valence-corrected chi connectivity index (χ4v) is 4.61. The van der Waals surface area contributed by atoms with E-state index in [2.05, 4.69) is 48.2 Å². The Bertz CT molecular complexity index is 1430. The third kappa shape index (κ3) is 7.51. The Kier molecular flexibility index (Phi) is 9.09. The number of benzene rings is 3. The van der Waals surface area contributed by atoms with Gasteiger partial charge in [0, 0.05) is 27.2 Å². The van der Waals surface area contributed by atoms with Crippen molar-refractivity contribution in [2.75, 3.05) is 19.0 Å². The number of methoxy groups -OCH3 is 1. The molecule has 0 bridgehead atoms. The number of halogens is 2. The molecule has 0 unspecified atom stereocenters. The fraction of sp³-hybridized carbons (Fsp3) is 0.0769. The van der Waals surface area contributed by atoms with E-state index in [0.717, 1.165) is 31.2 Å². The second-order valence-electron chi connectivity index (χ2n) is 7.50. The minimum absolute atomic E-state index is 0.168. The molecule has 4 rings (SSSR count). The molecular formula is C26H20ClIN4O4S. The zero-order valence-electron chi connectivity index (χ0n) is 19.4. The lowest BCUT2D eigenvalue weighted by Crippen LogP contribution is -2.17. The maximum atomic E-state index is 12.5. The van der Waals surface area contributed by atoms with Crippen LogP contribution in [0.3, 0.4) is 0 Å². The third-order valence-electron chi connectivity index (χ3n) is 4.95. The predicted octanol–water partition coefficient (Wildman–Crippen LogP) is 6.13. The second kappa shape index (κ2) is 12.7. The van der Waals surface area contributed by atoms with Gasteiger partial charge in [0.25, 0.3) is 5.91 Å². The van der Waals surface area contributed by atoms with Crippen LogP contribution < -0.4 is 15.5 Å². The quantitative estimate of drug-likeness (QED) is 0.0983. The highest BCUT2D eigenvalue weighted by molar-refractivity contribution is 14.1. The van der Waals surface area contributed by atoms with Gasteiger partial charge in [-0.1, -0.05) is 23.7 Å². The molecule has 4 aromatic rings. The molecule has 188 valence electrons. The molecule has 2 N–H and O–H groups in total. The first kappa shape index (κ1) is 26.6. The molecule has 0 aliphatic heterocycles. The number of rotatable bonds is 9. The molecular weight excluding hydrogens is 627 g/mol. The monoisotopic (exact) mass is 646 g/mol. The van der Waals surface area contributed by atoms with Crippen LogP contribution in [0.1, 0.15) is 15.9 Å². The largest absolute Gasteiger partial charge is 0.481 e. The highest BCUT2D eigenvalue weighted by Crippen LogP contribution is 2.28. The smallest absolute Gasteiger partial charge is 0.343 e. The van der Waals surface area contributed by atoms with Crippen LogP contribution in [0.2, 0.25) is 5.02 Å². The summed E-state index contributed by atoms with van der Waals surface area (Å²) < 4.78 is 10.8. The van der Waals surface area contributed by atoms with Gasteiger partial charge in [-0.05, 0) is 82.8 Å². The highest BCUT2D eigenvalue weighted by atomic mass is 127. The van der Waals surface area contributed by atoms with Crippen LogP contribution in [0.25, 0.3) is 11.3 Å². The lowest BCUT2D eigenvalue weighted by Gasteiger charge is -2.07. The summed E-state index contributed by atoms with van der Waals surface area (Å²) in [5.41, 5.74) is 6.35. The van der Waals surface area contributed by atoms with Crippen molar-refractivity contribution in [1.82, 2.24) is 10.4 Å². The van der Waals surface area contributed by atoms with E-state index < -0.39 is 5.97 Å². The highest BCUT2D eigenvalue weighted by Gasteiger charge is 2.09. The number of carbonyl (C=O) groups is 2. The number of aromatic nitrogens is 1. The number of carbonyl (C=O) groups excluding carboxylic acids is 2. The number of ether oxygens (including phenoxy) is 2. The van der Waals surface area contributed by atoms with Crippen LogP contribution in [0.4, 0.5) is 10.8 Å². The Morgan fingerprint density at radius 1 is 1.11 bits per heavy atom. The molecule has 0 spiro atoms. The van der Waals surface area contributed by atoms with Gasteiger partial charge >= 0.3 is 5.97 Å². The van der Waals surface area contributed by atoms with Crippen molar-refractivity contribution in [3.63, 3.8) is 0 Å². The minimum atomic E-state index is -0.459. The minimum Gasteiger partial charge on any atom is -0.481 e. The molecule has 37 heavy (non-hydrogen) atoms. The lowest BCUT2D eigenvalue weighted by molar-refractivity contribution is -0.142. The van der Waals surface area contributed by atoms with Gasteiger partial charge in [-0.25, -0.2) is 15.2 Å². The summed E-state index contributed by atoms with van der Waals surface area (Å²) in [7, 11) is 1.30. The van der Waals surface area contributed by atoms with Crippen molar-refractivity contribution in [1.29, 1.82) is 0 Å². The van der Waals surface area contributed by atoms with Gasteiger partial charge in [-0.3, -0.25) is 4.79 Å². The number of nitrogens with one attached hydrogen (secondary N) is 2. The standard InChI is InChI=1S/C26H20ClIN4O4S/c1-35-24(33)14-36-23-11-2-16(12-21(23)28)13-29-32-25(34)18-5-3-17(4-6-18)22-15-37-26(31-22)30-20-9-7-19(27)8-10-20/h2-13,15H,14H2,1H3,(H,30,31)(H,32,34)/b29-13-.